The molecule has 1 aromatic heterocycles. The van der Waals surface area contributed by atoms with Crippen molar-refractivity contribution in [2.75, 3.05) is 18.5 Å². The summed E-state index contributed by atoms with van der Waals surface area (Å²) < 4.78 is 123. The fourth-order valence-corrected chi connectivity index (χ4v) is 3.67. The van der Waals surface area contributed by atoms with Gasteiger partial charge in [0.2, 0.25) is 0 Å². The smallest absolute Gasteiger partial charge is 0.374 e. The number of hydrogen-bond donors (Lipinski definition) is 1. The van der Waals surface area contributed by atoms with E-state index >= 15 is 0 Å². The molecule has 13 heteroatoms. The Morgan fingerprint density at radius 1 is 0.947 bits per heavy atom. The average Bonchev–Trinajstić information content (AvgIpc) is 2.85. The first-order valence-corrected chi connectivity index (χ1v) is 10.9. The minimum absolute atomic E-state index is 0.0441. The highest BCUT2D eigenvalue weighted by molar-refractivity contribution is 5.93. The van der Waals surface area contributed by atoms with E-state index in [-0.39, 0.29) is 35.8 Å². The molecule has 2 aromatic carbocycles. The molecule has 3 rings (SSSR count). The Morgan fingerprint density at radius 2 is 1.58 bits per heavy atom. The molecule has 0 aliphatic carbocycles. The third kappa shape index (κ3) is 6.03. The second-order valence-corrected chi connectivity index (χ2v) is 8.34. The molecule has 38 heavy (non-hydrogen) atoms. The number of anilines is 1. The van der Waals surface area contributed by atoms with Gasteiger partial charge in [0.05, 0.1) is 5.56 Å². The molecule has 1 N–H and O–H groups in total. The van der Waals surface area contributed by atoms with Gasteiger partial charge in [-0.1, -0.05) is 12.1 Å². The number of alkyl halides is 7. The summed E-state index contributed by atoms with van der Waals surface area (Å²) in [6.07, 6.45) is -10.3. The van der Waals surface area contributed by atoms with Crippen LogP contribution in [-0.4, -0.2) is 36.8 Å². The maximum atomic E-state index is 14.8. The molecular weight excluding hydrogens is 529 g/mol. The van der Waals surface area contributed by atoms with Gasteiger partial charge in [-0.05, 0) is 53.9 Å². The predicted molar refractivity (Wildman–Crippen MR) is 120 cm³/mol. The Bertz CT molecular complexity index is 1250. The molecule has 3 aromatic rings. The number of amides is 1. The molecule has 0 atom stereocenters. The molecule has 0 aliphatic rings. The molecule has 0 spiro atoms. The van der Waals surface area contributed by atoms with Gasteiger partial charge in [-0.25, -0.2) is 13.2 Å². The minimum Gasteiger partial charge on any atom is -0.374 e. The van der Waals surface area contributed by atoms with Crippen LogP contribution in [0.15, 0.2) is 60.9 Å². The summed E-state index contributed by atoms with van der Waals surface area (Å²) in [5.41, 5.74) is -8.18. The van der Waals surface area contributed by atoms with Crippen LogP contribution in [-0.2, 0) is 18.6 Å². The molecule has 0 fully saturated rings. The molecule has 1 amide bonds. The van der Waals surface area contributed by atoms with Crippen molar-refractivity contribution >= 4 is 11.6 Å². The summed E-state index contributed by atoms with van der Waals surface area (Å²) in [7, 11) is 1.29. The van der Waals surface area contributed by atoms with Gasteiger partial charge in [0.25, 0.3) is 5.91 Å². The van der Waals surface area contributed by atoms with Gasteiger partial charge in [0.15, 0.2) is 0 Å². The van der Waals surface area contributed by atoms with Crippen molar-refractivity contribution in [2.45, 2.75) is 31.0 Å². The van der Waals surface area contributed by atoms with E-state index in [4.69, 9.17) is 0 Å². The number of carbonyl (C=O) groups excluding carboxylic acids is 1. The fraction of sp³-hybridized carbons (Fsp3) is 0.280. The van der Waals surface area contributed by atoms with E-state index < -0.39 is 47.7 Å². The van der Waals surface area contributed by atoms with Gasteiger partial charge in [-0.15, -0.1) is 0 Å². The van der Waals surface area contributed by atoms with Crippen molar-refractivity contribution in [3.63, 3.8) is 0 Å². The SMILES string of the molecule is CN(CCc1ccc(F)cc1)c1cc(C(F)(C(F)(F)F)C(F)(F)F)c(F)cc1CNC(=O)c1cccnc1. The largest absolute Gasteiger partial charge is 0.436 e. The van der Waals surface area contributed by atoms with E-state index in [2.05, 4.69) is 10.3 Å². The Labute approximate surface area is 211 Å². The highest BCUT2D eigenvalue weighted by atomic mass is 19.4. The van der Waals surface area contributed by atoms with Crippen LogP contribution in [0.25, 0.3) is 0 Å². The van der Waals surface area contributed by atoms with E-state index in [0.717, 1.165) is 12.1 Å². The molecule has 0 bridgehead atoms. The predicted octanol–water partition coefficient (Wildman–Crippen LogP) is 6.26. The Morgan fingerprint density at radius 3 is 2.13 bits per heavy atom. The third-order valence-corrected chi connectivity index (χ3v) is 5.74. The Hall–Kier alpha value is -3.77. The highest BCUT2D eigenvalue weighted by Crippen LogP contribution is 2.54. The molecule has 1 heterocycles. The normalized spacial score (nSPS) is 12.4. The minimum atomic E-state index is -6.52. The van der Waals surface area contributed by atoms with Crippen LogP contribution in [0.1, 0.15) is 27.0 Å². The zero-order valence-electron chi connectivity index (χ0n) is 19.6. The standard InChI is InChI=1S/C25H20F9N3O/c1-37(10-8-15-4-6-18(26)7-5-15)21-12-19(23(28,24(29,30)31)25(32,33)34)20(27)11-17(21)14-36-22(38)16-3-2-9-35-13-16/h2-7,9,11-13H,8,10,14H2,1H3,(H,36,38). The second kappa shape index (κ2) is 10.9. The van der Waals surface area contributed by atoms with Gasteiger partial charge >= 0.3 is 18.0 Å². The third-order valence-electron chi connectivity index (χ3n) is 5.74. The first-order valence-electron chi connectivity index (χ1n) is 10.9. The lowest BCUT2D eigenvalue weighted by Crippen LogP contribution is -2.51. The van der Waals surface area contributed by atoms with Gasteiger partial charge in [-0.2, -0.15) is 26.3 Å². The number of likely N-dealkylation sites (N-methyl/N-ethyl adjacent to an activating group) is 1. The maximum absolute atomic E-state index is 14.8. The highest BCUT2D eigenvalue weighted by Gasteiger charge is 2.74. The number of carbonyl (C=O) groups is 1. The van der Waals surface area contributed by atoms with Crippen LogP contribution in [0.2, 0.25) is 0 Å². The molecule has 0 unspecified atom stereocenters. The summed E-state index contributed by atoms with van der Waals surface area (Å²) in [4.78, 5) is 17.3. The van der Waals surface area contributed by atoms with Gasteiger partial charge in [0, 0.05) is 43.8 Å². The average molecular weight is 549 g/mol. The number of nitrogens with zero attached hydrogens (tertiary/aromatic N) is 2. The van der Waals surface area contributed by atoms with E-state index in [1.807, 2.05) is 0 Å². The molecule has 0 aliphatic heterocycles. The van der Waals surface area contributed by atoms with Crippen molar-refractivity contribution < 1.29 is 44.3 Å². The van der Waals surface area contributed by atoms with Crippen LogP contribution in [0.4, 0.5) is 45.2 Å². The Kier molecular flexibility index (Phi) is 8.27. The molecular formula is C25H20F9N3O. The van der Waals surface area contributed by atoms with Crippen molar-refractivity contribution in [1.82, 2.24) is 10.3 Å². The number of aromatic nitrogens is 1. The first kappa shape index (κ1) is 28.8. The zero-order chi connectivity index (χ0) is 28.3. The van der Waals surface area contributed by atoms with Gasteiger partial charge in [0.1, 0.15) is 11.6 Å². The molecule has 0 saturated carbocycles. The topological polar surface area (TPSA) is 45.2 Å². The number of halogens is 9. The van der Waals surface area contributed by atoms with E-state index in [1.54, 1.807) is 0 Å². The van der Waals surface area contributed by atoms with Crippen molar-refractivity contribution in [3.05, 3.63) is 94.8 Å². The summed E-state index contributed by atoms with van der Waals surface area (Å²) in [6, 6.07) is 8.49. The fourth-order valence-electron chi connectivity index (χ4n) is 3.67. The van der Waals surface area contributed by atoms with E-state index in [0.29, 0.717) is 11.6 Å². The van der Waals surface area contributed by atoms with Crippen LogP contribution in [0.5, 0.6) is 0 Å². The van der Waals surface area contributed by atoms with Crippen LogP contribution in [0, 0.1) is 11.6 Å². The lowest BCUT2D eigenvalue weighted by molar-refractivity contribution is -0.349. The maximum Gasteiger partial charge on any atom is 0.436 e. The quantitative estimate of drug-likeness (QED) is 0.338. The van der Waals surface area contributed by atoms with Crippen LogP contribution in [0.3, 0.4) is 0 Å². The first-order chi connectivity index (χ1) is 17.6. The van der Waals surface area contributed by atoms with E-state index in [9.17, 15) is 44.3 Å². The number of pyridine rings is 1. The van der Waals surface area contributed by atoms with Gasteiger partial charge < -0.3 is 10.2 Å². The number of rotatable bonds is 8. The molecule has 4 nitrogen and oxygen atoms in total. The Balaban J connectivity index is 2.02. The molecule has 204 valence electrons. The lowest BCUT2D eigenvalue weighted by Gasteiger charge is -2.32. The van der Waals surface area contributed by atoms with Gasteiger partial charge in [-0.3, -0.25) is 9.78 Å². The van der Waals surface area contributed by atoms with Crippen LogP contribution >= 0.6 is 0 Å². The lowest BCUT2D eigenvalue weighted by atomic mass is 9.91. The number of hydrogen-bond acceptors (Lipinski definition) is 3. The molecule has 0 saturated heterocycles. The zero-order valence-corrected chi connectivity index (χ0v) is 19.6. The summed E-state index contributed by atoms with van der Waals surface area (Å²) in [6.45, 7) is -0.559. The van der Waals surface area contributed by atoms with E-state index in [1.165, 1.54) is 48.6 Å². The van der Waals surface area contributed by atoms with Crippen molar-refractivity contribution in [1.29, 1.82) is 0 Å². The van der Waals surface area contributed by atoms with Crippen molar-refractivity contribution in [3.8, 4) is 0 Å². The summed E-state index contributed by atoms with van der Waals surface area (Å²) in [5, 5.41) is 2.38. The summed E-state index contributed by atoms with van der Waals surface area (Å²) in [5.74, 6) is -3.31. The molecule has 0 radical (unpaired) electrons. The van der Waals surface area contributed by atoms with Crippen LogP contribution < -0.4 is 10.2 Å². The number of nitrogens with one attached hydrogen (secondary N) is 1. The number of benzene rings is 2. The second-order valence-electron chi connectivity index (χ2n) is 8.34. The van der Waals surface area contributed by atoms with Crippen molar-refractivity contribution in [2.24, 2.45) is 0 Å². The monoisotopic (exact) mass is 549 g/mol. The summed E-state index contributed by atoms with van der Waals surface area (Å²) >= 11 is 0.